The minimum absolute atomic E-state index is 0.0484. The molecule has 5 nitrogen and oxygen atoms in total. The van der Waals surface area contributed by atoms with Crippen LogP contribution in [0.5, 0.6) is 5.75 Å². The number of halogens is 1. The quantitative estimate of drug-likeness (QED) is 0.485. The van der Waals surface area contributed by atoms with Crippen LogP contribution in [0.2, 0.25) is 0 Å². The molecule has 2 fully saturated rings. The second kappa shape index (κ2) is 11.3. The van der Waals surface area contributed by atoms with Crippen molar-refractivity contribution in [1.29, 1.82) is 0 Å². The minimum atomic E-state index is -0.264. The number of ether oxygens (including phenoxy) is 1. The van der Waals surface area contributed by atoms with Crippen LogP contribution in [0.3, 0.4) is 0 Å². The summed E-state index contributed by atoms with van der Waals surface area (Å²) in [6.07, 6.45) is 8.48. The van der Waals surface area contributed by atoms with E-state index in [1.54, 1.807) is 6.07 Å². The van der Waals surface area contributed by atoms with Crippen molar-refractivity contribution < 1.29 is 18.4 Å². The van der Waals surface area contributed by atoms with Gasteiger partial charge in [-0.25, -0.2) is 4.39 Å². The van der Waals surface area contributed by atoms with Crippen molar-refractivity contribution in [1.82, 2.24) is 10.2 Å². The maximum Gasteiger partial charge on any atom is 0.271 e. The molecule has 1 aliphatic carbocycles. The largest absolute Gasteiger partial charge is 0.484 e. The normalized spacial score (nSPS) is 24.2. The van der Waals surface area contributed by atoms with Crippen LogP contribution < -0.4 is 9.64 Å². The van der Waals surface area contributed by atoms with Gasteiger partial charge in [0.2, 0.25) is 5.89 Å². The summed E-state index contributed by atoms with van der Waals surface area (Å²) in [4.78, 5) is 1.38. The van der Waals surface area contributed by atoms with E-state index >= 15 is 0 Å². The molecule has 5 rings (SSSR count). The smallest absolute Gasteiger partial charge is 0.271 e. The highest BCUT2D eigenvalue weighted by molar-refractivity contribution is 5.26. The van der Waals surface area contributed by atoms with E-state index in [1.807, 2.05) is 6.07 Å². The third-order valence-electron chi connectivity index (χ3n) is 7.92. The molecular weight excluding hydrogens is 441 g/mol. The van der Waals surface area contributed by atoms with Gasteiger partial charge in [-0.1, -0.05) is 62.6 Å². The summed E-state index contributed by atoms with van der Waals surface area (Å²) in [5.41, 5.74) is 1.27. The number of benzene rings is 2. The predicted octanol–water partition coefficient (Wildman–Crippen LogP) is 5.18. The van der Waals surface area contributed by atoms with Gasteiger partial charge in [0.1, 0.15) is 18.1 Å². The predicted molar refractivity (Wildman–Crippen MR) is 133 cm³/mol. The molecule has 1 aromatic heterocycles. The van der Waals surface area contributed by atoms with Crippen molar-refractivity contribution in [2.75, 3.05) is 13.1 Å². The van der Waals surface area contributed by atoms with E-state index in [2.05, 4.69) is 47.5 Å². The molecule has 4 atom stereocenters. The minimum Gasteiger partial charge on any atom is -0.484 e. The Morgan fingerprint density at radius 1 is 1.03 bits per heavy atom. The number of nitrogens with one attached hydrogen (secondary N) is 1. The van der Waals surface area contributed by atoms with Crippen LogP contribution >= 0.6 is 0 Å². The number of hydrogen-bond donors (Lipinski definition) is 1. The average Bonchev–Trinajstić information content (AvgIpc) is 3.33. The maximum absolute atomic E-state index is 13.7. The molecule has 186 valence electrons. The summed E-state index contributed by atoms with van der Waals surface area (Å²) in [5, 5.41) is 9.04. The molecule has 1 aliphatic heterocycles. The molecule has 6 heteroatoms. The van der Waals surface area contributed by atoms with Crippen molar-refractivity contribution in [3.05, 3.63) is 77.8 Å². The molecule has 2 aliphatic rings. The lowest BCUT2D eigenvalue weighted by molar-refractivity contribution is -0.924. The lowest BCUT2D eigenvalue weighted by Gasteiger charge is -2.35. The number of rotatable bonds is 8. The zero-order chi connectivity index (χ0) is 24.0. The maximum atomic E-state index is 13.7. The van der Waals surface area contributed by atoms with Gasteiger partial charge < -0.3 is 14.1 Å². The molecular formula is C29H37FN3O2+. The van der Waals surface area contributed by atoms with E-state index in [1.165, 1.54) is 54.7 Å². The van der Waals surface area contributed by atoms with Crippen molar-refractivity contribution in [2.45, 2.75) is 70.4 Å². The highest BCUT2D eigenvalue weighted by atomic mass is 19.1. The third kappa shape index (κ3) is 5.92. The zero-order valence-corrected chi connectivity index (χ0v) is 20.7. The Morgan fingerprint density at radius 3 is 2.63 bits per heavy atom. The molecule has 0 spiro atoms. The highest BCUT2D eigenvalue weighted by Gasteiger charge is 2.35. The first-order valence-corrected chi connectivity index (χ1v) is 13.3. The molecule has 1 saturated carbocycles. The fourth-order valence-corrected chi connectivity index (χ4v) is 6.03. The summed E-state index contributed by atoms with van der Waals surface area (Å²) in [7, 11) is 0. The van der Waals surface area contributed by atoms with E-state index < -0.39 is 0 Å². The number of aromatic nitrogens is 2. The molecule has 3 aromatic rings. The molecule has 4 unspecified atom stereocenters. The van der Waals surface area contributed by atoms with Crippen molar-refractivity contribution in [3.8, 4) is 5.75 Å². The van der Waals surface area contributed by atoms with E-state index in [-0.39, 0.29) is 17.8 Å². The molecule has 2 aromatic carbocycles. The fourth-order valence-electron chi connectivity index (χ4n) is 6.03. The second-order valence-electron chi connectivity index (χ2n) is 10.3. The number of likely N-dealkylation sites (tertiary alicyclic amines) is 1. The van der Waals surface area contributed by atoms with Crippen LogP contribution in [0.25, 0.3) is 0 Å². The van der Waals surface area contributed by atoms with Gasteiger partial charge in [-0.05, 0) is 42.9 Å². The molecule has 0 bridgehead atoms. The number of nitrogens with zero attached hydrogens (tertiary/aromatic N) is 2. The Kier molecular flexibility index (Phi) is 7.77. The Bertz CT molecular complexity index is 1070. The van der Waals surface area contributed by atoms with Crippen molar-refractivity contribution in [2.24, 2.45) is 11.8 Å². The highest BCUT2D eigenvalue weighted by Crippen LogP contribution is 2.39. The molecule has 35 heavy (non-hydrogen) atoms. The van der Waals surface area contributed by atoms with Crippen LogP contribution in [0, 0.1) is 17.7 Å². The van der Waals surface area contributed by atoms with Crippen LogP contribution in [-0.2, 0) is 6.54 Å². The Morgan fingerprint density at radius 2 is 1.86 bits per heavy atom. The van der Waals surface area contributed by atoms with E-state index in [0.29, 0.717) is 30.0 Å². The molecule has 1 N–H and O–H groups in total. The Balaban J connectivity index is 1.29. The molecule has 1 saturated heterocycles. The lowest BCUT2D eigenvalue weighted by atomic mass is 9.77. The standard InChI is InChI=1S/C29H36FN3O2/c1-2-21-16-17-33(19-26(21)34-25-15-9-14-24(30)18-25)20-27-31-32-29(35-27)28(22-10-5-3-6-11-22)23-12-7-4-8-13-23/h3,5-6,9-11,14-15,18,21,23,26,28H,2,4,7-8,12-13,16-17,19-20H2,1H3/p+1. The topological polar surface area (TPSA) is 52.6 Å². The summed E-state index contributed by atoms with van der Waals surface area (Å²) in [6, 6.07) is 17.1. The van der Waals surface area contributed by atoms with Gasteiger partial charge in [-0.15, -0.1) is 10.2 Å². The number of quaternary nitrogens is 1. The molecule has 0 amide bonds. The van der Waals surface area contributed by atoms with Gasteiger partial charge >= 0.3 is 0 Å². The van der Waals surface area contributed by atoms with Gasteiger partial charge in [-0.2, -0.15) is 0 Å². The van der Waals surface area contributed by atoms with Crippen LogP contribution in [-0.4, -0.2) is 29.4 Å². The first-order chi connectivity index (χ1) is 17.2. The first-order valence-electron chi connectivity index (χ1n) is 13.3. The average molecular weight is 479 g/mol. The Labute approximate surface area is 207 Å². The van der Waals surface area contributed by atoms with Crippen LogP contribution in [0.4, 0.5) is 4.39 Å². The number of piperidine rings is 1. The van der Waals surface area contributed by atoms with E-state index in [9.17, 15) is 4.39 Å². The SMILES string of the molecule is CCC1CC[NH+](Cc2nnc(C(c3ccccc3)C3CCCCC3)o2)CC1Oc1cccc(F)c1. The van der Waals surface area contributed by atoms with Crippen molar-refractivity contribution >= 4 is 0 Å². The number of hydrogen-bond acceptors (Lipinski definition) is 4. The van der Waals surface area contributed by atoms with Crippen LogP contribution in [0.15, 0.2) is 59.0 Å². The van der Waals surface area contributed by atoms with E-state index in [4.69, 9.17) is 9.15 Å². The van der Waals surface area contributed by atoms with Gasteiger partial charge in [0.05, 0.1) is 12.5 Å². The second-order valence-corrected chi connectivity index (χ2v) is 10.3. The summed E-state index contributed by atoms with van der Waals surface area (Å²) < 4.78 is 26.3. The Hall–Kier alpha value is -2.73. The van der Waals surface area contributed by atoms with Gasteiger partial charge in [0, 0.05) is 18.4 Å². The summed E-state index contributed by atoms with van der Waals surface area (Å²) >= 11 is 0. The molecule has 2 heterocycles. The van der Waals surface area contributed by atoms with Gasteiger partial charge in [0.25, 0.3) is 5.89 Å². The fraction of sp³-hybridized carbons (Fsp3) is 0.517. The first kappa shape index (κ1) is 24.0. The zero-order valence-electron chi connectivity index (χ0n) is 20.7. The van der Waals surface area contributed by atoms with Gasteiger partial charge in [0.15, 0.2) is 12.6 Å². The van der Waals surface area contributed by atoms with Gasteiger partial charge in [-0.3, -0.25) is 0 Å². The molecule has 0 radical (unpaired) electrons. The summed E-state index contributed by atoms with van der Waals surface area (Å²) in [6.45, 7) is 4.79. The monoisotopic (exact) mass is 478 g/mol. The van der Waals surface area contributed by atoms with Crippen molar-refractivity contribution in [3.63, 3.8) is 0 Å². The summed E-state index contributed by atoms with van der Waals surface area (Å²) in [5.74, 6) is 2.99. The van der Waals surface area contributed by atoms with E-state index in [0.717, 1.165) is 31.8 Å². The van der Waals surface area contributed by atoms with Crippen LogP contribution in [0.1, 0.15) is 75.1 Å². The lowest BCUT2D eigenvalue weighted by Crippen LogP contribution is -3.13. The third-order valence-corrected chi connectivity index (χ3v) is 7.92.